The number of ether oxygens (including phenoxy) is 1. The van der Waals surface area contributed by atoms with Crippen molar-refractivity contribution in [3.05, 3.63) is 34.9 Å². The molecule has 0 bridgehead atoms. The molecule has 0 saturated carbocycles. The standard InChI is InChI=1S/C14H18ClF3N2O2/c1-22-6-5-20(10-14(16,17)18)9-13(21)19-8-11-3-2-4-12(15)7-11/h2-4,7H,5-6,8-10H2,1H3,(H,19,21). The van der Waals surface area contributed by atoms with Crippen LogP contribution in [0.1, 0.15) is 5.56 Å². The monoisotopic (exact) mass is 338 g/mol. The summed E-state index contributed by atoms with van der Waals surface area (Å²) in [7, 11) is 1.39. The first-order valence-electron chi connectivity index (χ1n) is 6.59. The number of nitrogens with one attached hydrogen (secondary N) is 1. The molecule has 0 unspecified atom stereocenters. The number of amides is 1. The van der Waals surface area contributed by atoms with Gasteiger partial charge in [0.15, 0.2) is 0 Å². The molecule has 1 aromatic carbocycles. The fourth-order valence-corrected chi connectivity index (χ4v) is 2.01. The smallest absolute Gasteiger partial charge is 0.383 e. The molecule has 0 fully saturated rings. The second-order valence-electron chi connectivity index (χ2n) is 4.73. The molecule has 0 spiro atoms. The molecule has 0 aromatic heterocycles. The number of methoxy groups -OCH3 is 1. The fraction of sp³-hybridized carbons (Fsp3) is 0.500. The third-order valence-electron chi connectivity index (χ3n) is 2.76. The van der Waals surface area contributed by atoms with E-state index in [0.29, 0.717) is 5.02 Å². The highest BCUT2D eigenvalue weighted by molar-refractivity contribution is 6.30. The van der Waals surface area contributed by atoms with Crippen LogP contribution in [0.15, 0.2) is 24.3 Å². The zero-order valence-corrected chi connectivity index (χ0v) is 12.9. The highest BCUT2D eigenvalue weighted by Crippen LogP contribution is 2.16. The van der Waals surface area contributed by atoms with Crippen molar-refractivity contribution in [2.45, 2.75) is 12.7 Å². The number of nitrogens with zero attached hydrogens (tertiary/aromatic N) is 1. The summed E-state index contributed by atoms with van der Waals surface area (Å²) in [5.41, 5.74) is 0.778. The molecule has 0 atom stereocenters. The maximum atomic E-state index is 12.4. The Labute approximate surface area is 132 Å². The molecule has 8 heteroatoms. The molecule has 0 heterocycles. The quantitative estimate of drug-likeness (QED) is 0.791. The second kappa shape index (κ2) is 8.97. The Hall–Kier alpha value is -1.31. The number of carbonyl (C=O) groups excluding carboxylic acids is 1. The Bertz CT molecular complexity index is 483. The van der Waals surface area contributed by atoms with Crippen molar-refractivity contribution in [3.63, 3.8) is 0 Å². The van der Waals surface area contributed by atoms with E-state index in [1.54, 1.807) is 24.3 Å². The summed E-state index contributed by atoms with van der Waals surface area (Å²) >= 11 is 5.81. The Balaban J connectivity index is 2.48. The SMILES string of the molecule is COCCN(CC(=O)NCc1cccc(Cl)c1)CC(F)(F)F. The lowest BCUT2D eigenvalue weighted by molar-refractivity contribution is -0.149. The van der Waals surface area contributed by atoms with Crippen LogP contribution in [0.25, 0.3) is 0 Å². The van der Waals surface area contributed by atoms with Gasteiger partial charge in [0, 0.05) is 25.2 Å². The first-order chi connectivity index (χ1) is 10.3. The van der Waals surface area contributed by atoms with Crippen molar-refractivity contribution in [1.29, 1.82) is 0 Å². The third-order valence-corrected chi connectivity index (χ3v) is 3.00. The highest BCUT2D eigenvalue weighted by Gasteiger charge is 2.31. The maximum Gasteiger partial charge on any atom is 0.401 e. The number of carbonyl (C=O) groups is 1. The first-order valence-corrected chi connectivity index (χ1v) is 6.97. The largest absolute Gasteiger partial charge is 0.401 e. The number of alkyl halides is 3. The van der Waals surface area contributed by atoms with Crippen molar-refractivity contribution >= 4 is 17.5 Å². The van der Waals surface area contributed by atoms with Crippen molar-refractivity contribution in [1.82, 2.24) is 10.2 Å². The van der Waals surface area contributed by atoms with Crippen molar-refractivity contribution in [2.75, 3.05) is 33.4 Å². The first kappa shape index (κ1) is 18.7. The summed E-state index contributed by atoms with van der Waals surface area (Å²) in [6.45, 7) is -1.13. The van der Waals surface area contributed by atoms with Gasteiger partial charge in [-0.2, -0.15) is 13.2 Å². The lowest BCUT2D eigenvalue weighted by Crippen LogP contribution is -2.43. The zero-order chi connectivity index (χ0) is 16.6. The van der Waals surface area contributed by atoms with Crippen molar-refractivity contribution < 1.29 is 22.7 Å². The summed E-state index contributed by atoms with van der Waals surface area (Å²) in [5, 5.41) is 3.10. The molecule has 124 valence electrons. The molecular weight excluding hydrogens is 321 g/mol. The van der Waals surface area contributed by atoms with Gasteiger partial charge in [0.2, 0.25) is 5.91 Å². The van der Waals surface area contributed by atoms with Crippen LogP contribution in [-0.4, -0.2) is 50.3 Å². The Morgan fingerprint density at radius 1 is 1.41 bits per heavy atom. The van der Waals surface area contributed by atoms with Gasteiger partial charge >= 0.3 is 6.18 Å². The van der Waals surface area contributed by atoms with Gasteiger partial charge in [0.05, 0.1) is 19.7 Å². The lowest BCUT2D eigenvalue weighted by atomic mass is 10.2. The minimum Gasteiger partial charge on any atom is -0.383 e. The van der Waals surface area contributed by atoms with Gasteiger partial charge in [0.1, 0.15) is 0 Å². The Morgan fingerprint density at radius 2 is 2.14 bits per heavy atom. The molecule has 1 rings (SSSR count). The van der Waals surface area contributed by atoms with Crippen LogP contribution in [0.5, 0.6) is 0 Å². The van der Waals surface area contributed by atoms with E-state index in [9.17, 15) is 18.0 Å². The molecule has 1 amide bonds. The number of hydrogen-bond acceptors (Lipinski definition) is 3. The van der Waals surface area contributed by atoms with E-state index in [-0.39, 0.29) is 26.2 Å². The maximum absolute atomic E-state index is 12.4. The topological polar surface area (TPSA) is 41.6 Å². The van der Waals surface area contributed by atoms with Gasteiger partial charge in [-0.15, -0.1) is 0 Å². The van der Waals surface area contributed by atoms with Crippen LogP contribution in [0.3, 0.4) is 0 Å². The van der Waals surface area contributed by atoms with E-state index in [1.807, 2.05) is 0 Å². The third kappa shape index (κ3) is 8.21. The number of rotatable bonds is 8. The predicted molar refractivity (Wildman–Crippen MR) is 77.7 cm³/mol. The molecular formula is C14H18ClF3N2O2. The van der Waals surface area contributed by atoms with Crippen molar-refractivity contribution in [2.24, 2.45) is 0 Å². The van der Waals surface area contributed by atoms with E-state index in [4.69, 9.17) is 16.3 Å². The highest BCUT2D eigenvalue weighted by atomic mass is 35.5. The minimum atomic E-state index is -4.36. The Morgan fingerprint density at radius 3 is 2.73 bits per heavy atom. The van der Waals surface area contributed by atoms with Gasteiger partial charge in [-0.05, 0) is 17.7 Å². The van der Waals surface area contributed by atoms with Crippen LogP contribution in [-0.2, 0) is 16.1 Å². The molecule has 22 heavy (non-hydrogen) atoms. The van der Waals surface area contributed by atoms with Gasteiger partial charge in [-0.3, -0.25) is 9.69 Å². The van der Waals surface area contributed by atoms with Crippen LogP contribution in [0.4, 0.5) is 13.2 Å². The van der Waals surface area contributed by atoms with E-state index in [2.05, 4.69) is 5.32 Å². The second-order valence-corrected chi connectivity index (χ2v) is 5.16. The molecule has 1 aromatic rings. The number of benzene rings is 1. The average molecular weight is 339 g/mol. The number of halogens is 4. The van der Waals surface area contributed by atoms with E-state index >= 15 is 0 Å². The number of hydrogen-bond donors (Lipinski definition) is 1. The van der Waals surface area contributed by atoms with Crippen LogP contribution in [0, 0.1) is 0 Å². The summed E-state index contributed by atoms with van der Waals surface area (Å²) in [5.74, 6) is -0.486. The summed E-state index contributed by atoms with van der Waals surface area (Å²) in [4.78, 5) is 12.8. The van der Waals surface area contributed by atoms with E-state index in [1.165, 1.54) is 7.11 Å². The lowest BCUT2D eigenvalue weighted by Gasteiger charge is -2.22. The molecule has 4 nitrogen and oxygen atoms in total. The molecule has 0 aliphatic rings. The molecule has 1 N–H and O–H groups in total. The summed E-state index contributed by atoms with van der Waals surface area (Å²) in [6, 6.07) is 6.88. The summed E-state index contributed by atoms with van der Waals surface area (Å²) in [6.07, 6.45) is -4.36. The van der Waals surface area contributed by atoms with Gasteiger partial charge in [-0.25, -0.2) is 0 Å². The van der Waals surface area contributed by atoms with Gasteiger partial charge in [-0.1, -0.05) is 23.7 Å². The zero-order valence-electron chi connectivity index (χ0n) is 12.1. The molecule has 0 aliphatic heterocycles. The van der Waals surface area contributed by atoms with Gasteiger partial charge < -0.3 is 10.1 Å². The van der Waals surface area contributed by atoms with Crippen LogP contribution < -0.4 is 5.32 Å². The molecule has 0 aliphatic carbocycles. The van der Waals surface area contributed by atoms with Crippen LogP contribution in [0.2, 0.25) is 5.02 Å². The summed E-state index contributed by atoms with van der Waals surface area (Å²) < 4.78 is 42.1. The van der Waals surface area contributed by atoms with Crippen LogP contribution >= 0.6 is 11.6 Å². The minimum absolute atomic E-state index is 0.0284. The van der Waals surface area contributed by atoms with Gasteiger partial charge in [0.25, 0.3) is 0 Å². The molecule has 0 radical (unpaired) electrons. The fourth-order valence-electron chi connectivity index (χ4n) is 1.79. The average Bonchev–Trinajstić information content (AvgIpc) is 2.41. The van der Waals surface area contributed by atoms with E-state index < -0.39 is 18.6 Å². The molecule has 0 saturated heterocycles. The Kier molecular flexibility index (Phi) is 7.64. The van der Waals surface area contributed by atoms with Crippen molar-refractivity contribution in [3.8, 4) is 0 Å². The van der Waals surface area contributed by atoms with E-state index in [0.717, 1.165) is 10.5 Å². The normalized spacial score (nSPS) is 11.7. The predicted octanol–water partition coefficient (Wildman–Crippen LogP) is 2.47.